The van der Waals surface area contributed by atoms with Gasteiger partial charge in [-0.15, -0.1) is 0 Å². The van der Waals surface area contributed by atoms with Crippen molar-refractivity contribution in [1.29, 1.82) is 0 Å². The number of ether oxygens (including phenoxy) is 1. The summed E-state index contributed by atoms with van der Waals surface area (Å²) in [7, 11) is -2.07. The van der Waals surface area contributed by atoms with Crippen LogP contribution in [0.25, 0.3) is 0 Å². The Labute approximate surface area is 133 Å². The van der Waals surface area contributed by atoms with Crippen molar-refractivity contribution in [3.63, 3.8) is 0 Å². The zero-order valence-electron chi connectivity index (χ0n) is 11.1. The van der Waals surface area contributed by atoms with E-state index in [4.69, 9.17) is 27.9 Å². The van der Waals surface area contributed by atoms with Crippen LogP contribution >= 0.6 is 23.2 Å². The number of hydrogen-bond donors (Lipinski definition) is 1. The van der Waals surface area contributed by atoms with Crippen LogP contribution < -0.4 is 9.46 Å². The van der Waals surface area contributed by atoms with Gasteiger partial charge in [0, 0.05) is 6.54 Å². The second-order valence-corrected chi connectivity index (χ2v) is 6.83. The molecule has 112 valence electrons. The lowest BCUT2D eigenvalue weighted by Gasteiger charge is -2.08. The minimum absolute atomic E-state index is 0.0745. The number of sulfonamides is 1. The van der Waals surface area contributed by atoms with Crippen LogP contribution in [0, 0.1) is 0 Å². The third-order valence-corrected chi connectivity index (χ3v) is 4.96. The third kappa shape index (κ3) is 4.11. The first kappa shape index (κ1) is 16.1. The highest BCUT2D eigenvalue weighted by atomic mass is 35.5. The summed E-state index contributed by atoms with van der Waals surface area (Å²) in [5, 5.41) is 0.509. The van der Waals surface area contributed by atoms with Crippen LogP contribution in [0.2, 0.25) is 10.0 Å². The van der Waals surface area contributed by atoms with Crippen LogP contribution in [0.15, 0.2) is 47.4 Å². The van der Waals surface area contributed by atoms with Gasteiger partial charge in [0.15, 0.2) is 0 Å². The fraction of sp³-hybridized carbons (Fsp3) is 0.143. The van der Waals surface area contributed by atoms with Gasteiger partial charge in [-0.05, 0) is 35.9 Å². The molecule has 4 nitrogen and oxygen atoms in total. The Hall–Kier alpha value is -1.27. The predicted octanol–water partition coefficient (Wildman–Crippen LogP) is 3.48. The molecule has 0 saturated carbocycles. The Morgan fingerprint density at radius 3 is 2.29 bits per heavy atom. The van der Waals surface area contributed by atoms with E-state index in [-0.39, 0.29) is 16.5 Å². The molecule has 0 amide bonds. The lowest BCUT2D eigenvalue weighted by Crippen LogP contribution is -2.23. The van der Waals surface area contributed by atoms with Crippen molar-refractivity contribution < 1.29 is 13.2 Å². The Morgan fingerprint density at radius 1 is 1.05 bits per heavy atom. The van der Waals surface area contributed by atoms with Crippen molar-refractivity contribution in [2.45, 2.75) is 11.4 Å². The summed E-state index contributed by atoms with van der Waals surface area (Å²) >= 11 is 11.6. The highest BCUT2D eigenvalue weighted by molar-refractivity contribution is 7.89. The molecule has 0 saturated heterocycles. The maximum atomic E-state index is 12.2. The van der Waals surface area contributed by atoms with Gasteiger partial charge < -0.3 is 4.74 Å². The topological polar surface area (TPSA) is 55.4 Å². The standard InChI is InChI=1S/C14H13Cl2NO3S/c1-20-11-4-2-10(3-5-11)9-17-21(18,19)12-6-7-13(15)14(16)8-12/h2-8,17H,9H2,1H3. The maximum Gasteiger partial charge on any atom is 0.240 e. The molecule has 0 aliphatic carbocycles. The fourth-order valence-electron chi connectivity index (χ4n) is 1.65. The molecule has 0 aromatic heterocycles. The monoisotopic (exact) mass is 345 g/mol. The molecule has 0 fully saturated rings. The number of rotatable bonds is 5. The minimum atomic E-state index is -3.64. The Morgan fingerprint density at radius 2 is 1.71 bits per heavy atom. The van der Waals surface area contributed by atoms with E-state index in [1.54, 1.807) is 31.4 Å². The molecule has 1 N–H and O–H groups in total. The van der Waals surface area contributed by atoms with Gasteiger partial charge in [0.2, 0.25) is 10.0 Å². The van der Waals surface area contributed by atoms with E-state index in [9.17, 15) is 8.42 Å². The molecular formula is C14H13Cl2NO3S. The van der Waals surface area contributed by atoms with Gasteiger partial charge in [0.25, 0.3) is 0 Å². The van der Waals surface area contributed by atoms with Crippen molar-refractivity contribution in [2.24, 2.45) is 0 Å². The van der Waals surface area contributed by atoms with Crippen molar-refractivity contribution in [3.8, 4) is 5.75 Å². The van der Waals surface area contributed by atoms with E-state index >= 15 is 0 Å². The van der Waals surface area contributed by atoms with E-state index in [0.717, 1.165) is 5.56 Å². The predicted molar refractivity (Wildman–Crippen MR) is 83.5 cm³/mol. The molecule has 2 aromatic carbocycles. The van der Waals surface area contributed by atoms with Crippen LogP contribution in [0.5, 0.6) is 5.75 Å². The average Bonchev–Trinajstić information content (AvgIpc) is 2.48. The Kier molecular flexibility index (Phi) is 5.11. The number of halogens is 2. The van der Waals surface area contributed by atoms with E-state index in [0.29, 0.717) is 10.8 Å². The highest BCUT2D eigenvalue weighted by Crippen LogP contribution is 2.24. The minimum Gasteiger partial charge on any atom is -0.497 e. The van der Waals surface area contributed by atoms with Gasteiger partial charge in [-0.1, -0.05) is 35.3 Å². The molecular weight excluding hydrogens is 333 g/mol. The Bertz CT molecular complexity index is 730. The third-order valence-electron chi connectivity index (χ3n) is 2.83. The summed E-state index contributed by atoms with van der Waals surface area (Å²) in [5.74, 6) is 0.714. The number of nitrogens with one attached hydrogen (secondary N) is 1. The van der Waals surface area contributed by atoms with Gasteiger partial charge in [-0.2, -0.15) is 0 Å². The first-order valence-corrected chi connectivity index (χ1v) is 8.24. The molecule has 0 spiro atoms. The average molecular weight is 346 g/mol. The second-order valence-electron chi connectivity index (χ2n) is 4.25. The smallest absolute Gasteiger partial charge is 0.240 e. The van der Waals surface area contributed by atoms with Crippen molar-refractivity contribution in [3.05, 3.63) is 58.1 Å². The molecule has 2 aromatic rings. The lowest BCUT2D eigenvalue weighted by molar-refractivity contribution is 0.414. The molecule has 0 radical (unpaired) electrons. The van der Waals surface area contributed by atoms with E-state index in [1.165, 1.54) is 18.2 Å². The summed E-state index contributed by atoms with van der Waals surface area (Å²) < 4.78 is 31.9. The molecule has 21 heavy (non-hydrogen) atoms. The van der Waals surface area contributed by atoms with E-state index in [1.807, 2.05) is 0 Å². The summed E-state index contributed by atoms with van der Waals surface area (Å²) in [5.41, 5.74) is 0.819. The van der Waals surface area contributed by atoms with Crippen LogP contribution in [0.4, 0.5) is 0 Å². The van der Waals surface area contributed by atoms with Gasteiger partial charge in [-0.3, -0.25) is 0 Å². The number of benzene rings is 2. The lowest BCUT2D eigenvalue weighted by atomic mass is 10.2. The first-order valence-electron chi connectivity index (χ1n) is 6.00. The zero-order chi connectivity index (χ0) is 15.5. The molecule has 0 aliphatic heterocycles. The van der Waals surface area contributed by atoms with Crippen LogP contribution in [0.1, 0.15) is 5.56 Å². The molecule has 0 atom stereocenters. The van der Waals surface area contributed by atoms with Crippen molar-refractivity contribution >= 4 is 33.2 Å². The summed E-state index contributed by atoms with van der Waals surface area (Å²) in [6, 6.07) is 11.3. The van der Waals surface area contributed by atoms with Gasteiger partial charge in [-0.25, -0.2) is 13.1 Å². The number of methoxy groups -OCH3 is 1. The maximum absolute atomic E-state index is 12.2. The summed E-state index contributed by atoms with van der Waals surface area (Å²) in [6.45, 7) is 0.173. The molecule has 0 bridgehead atoms. The molecule has 0 heterocycles. The molecule has 7 heteroatoms. The summed E-state index contributed by atoms with van der Waals surface area (Å²) in [6.07, 6.45) is 0. The first-order chi connectivity index (χ1) is 9.92. The van der Waals surface area contributed by atoms with Gasteiger partial charge in [0.05, 0.1) is 22.1 Å². The highest BCUT2D eigenvalue weighted by Gasteiger charge is 2.15. The van der Waals surface area contributed by atoms with Crippen molar-refractivity contribution in [1.82, 2.24) is 4.72 Å². The number of hydrogen-bond acceptors (Lipinski definition) is 3. The van der Waals surface area contributed by atoms with Crippen LogP contribution in [-0.4, -0.2) is 15.5 Å². The van der Waals surface area contributed by atoms with E-state index in [2.05, 4.69) is 4.72 Å². The Balaban J connectivity index is 2.11. The summed E-state index contributed by atoms with van der Waals surface area (Å²) in [4.78, 5) is 0.0745. The normalized spacial score (nSPS) is 11.4. The largest absolute Gasteiger partial charge is 0.497 e. The van der Waals surface area contributed by atoms with Crippen molar-refractivity contribution in [2.75, 3.05) is 7.11 Å². The molecule has 0 unspecified atom stereocenters. The van der Waals surface area contributed by atoms with Gasteiger partial charge >= 0.3 is 0 Å². The SMILES string of the molecule is COc1ccc(CNS(=O)(=O)c2ccc(Cl)c(Cl)c2)cc1. The zero-order valence-corrected chi connectivity index (χ0v) is 13.5. The molecule has 2 rings (SSSR count). The molecule has 0 aliphatic rings. The van der Waals surface area contributed by atoms with E-state index < -0.39 is 10.0 Å². The second kappa shape index (κ2) is 6.66. The van der Waals surface area contributed by atoms with Gasteiger partial charge in [0.1, 0.15) is 5.75 Å². The van der Waals surface area contributed by atoms with Crippen LogP contribution in [0.3, 0.4) is 0 Å². The van der Waals surface area contributed by atoms with Crippen LogP contribution in [-0.2, 0) is 16.6 Å². The quantitative estimate of drug-likeness (QED) is 0.902. The fourth-order valence-corrected chi connectivity index (χ4v) is 3.06.